The lowest BCUT2D eigenvalue weighted by molar-refractivity contribution is -0.141. The number of carboxylic acid groups (broad SMARTS) is 1. The fourth-order valence-corrected chi connectivity index (χ4v) is 2.13. The number of rotatable bonds is 5. The maximum absolute atomic E-state index is 10.8. The van der Waals surface area contributed by atoms with Crippen LogP contribution in [-0.2, 0) is 16.0 Å². The predicted octanol–water partition coefficient (Wildman–Crippen LogP) is 2.51. The van der Waals surface area contributed by atoms with Gasteiger partial charge in [-0.1, -0.05) is 19.1 Å². The SMILES string of the molecule is CC(Cc1ccc(OC2CCOCC2)cc1)C(=O)O. The number of benzene rings is 1. The Hall–Kier alpha value is -1.55. The number of carboxylic acids is 1. The molecule has 1 aliphatic rings. The first-order chi connectivity index (χ1) is 9.15. The third-order valence-corrected chi connectivity index (χ3v) is 3.36. The normalized spacial score (nSPS) is 17.9. The third-order valence-electron chi connectivity index (χ3n) is 3.36. The molecule has 1 unspecified atom stereocenters. The van der Waals surface area contributed by atoms with Crippen molar-refractivity contribution in [3.8, 4) is 5.75 Å². The molecule has 4 nitrogen and oxygen atoms in total. The van der Waals surface area contributed by atoms with E-state index in [0.29, 0.717) is 6.42 Å². The van der Waals surface area contributed by atoms with Gasteiger partial charge in [-0.2, -0.15) is 0 Å². The molecule has 1 atom stereocenters. The summed E-state index contributed by atoms with van der Waals surface area (Å²) >= 11 is 0. The molecule has 1 N–H and O–H groups in total. The molecule has 1 aromatic rings. The highest BCUT2D eigenvalue weighted by Crippen LogP contribution is 2.19. The standard InChI is InChI=1S/C15H20O4/c1-11(15(16)17)10-12-2-4-13(5-3-12)19-14-6-8-18-9-7-14/h2-5,11,14H,6-10H2,1H3,(H,16,17). The van der Waals surface area contributed by atoms with E-state index in [-0.39, 0.29) is 12.0 Å². The minimum atomic E-state index is -0.762. The third kappa shape index (κ3) is 4.24. The maximum Gasteiger partial charge on any atom is 0.306 e. The quantitative estimate of drug-likeness (QED) is 0.887. The van der Waals surface area contributed by atoms with Crippen LogP contribution in [0, 0.1) is 5.92 Å². The fourth-order valence-electron chi connectivity index (χ4n) is 2.13. The predicted molar refractivity (Wildman–Crippen MR) is 71.4 cm³/mol. The van der Waals surface area contributed by atoms with Crippen molar-refractivity contribution in [2.24, 2.45) is 5.92 Å². The van der Waals surface area contributed by atoms with Crippen LogP contribution in [0.3, 0.4) is 0 Å². The van der Waals surface area contributed by atoms with Crippen LogP contribution in [0.1, 0.15) is 25.3 Å². The Balaban J connectivity index is 1.88. The van der Waals surface area contributed by atoms with Crippen molar-refractivity contribution in [2.75, 3.05) is 13.2 Å². The van der Waals surface area contributed by atoms with Gasteiger partial charge in [0.2, 0.25) is 0 Å². The van der Waals surface area contributed by atoms with Crippen LogP contribution in [0.25, 0.3) is 0 Å². The first-order valence-electron chi connectivity index (χ1n) is 6.71. The highest BCUT2D eigenvalue weighted by Gasteiger charge is 2.15. The second kappa shape index (κ2) is 6.57. The number of hydrogen-bond acceptors (Lipinski definition) is 3. The zero-order valence-corrected chi connectivity index (χ0v) is 11.2. The van der Waals surface area contributed by atoms with E-state index < -0.39 is 5.97 Å². The van der Waals surface area contributed by atoms with Crippen LogP contribution in [0.2, 0.25) is 0 Å². The van der Waals surface area contributed by atoms with Gasteiger partial charge < -0.3 is 14.6 Å². The van der Waals surface area contributed by atoms with Gasteiger partial charge in [-0.25, -0.2) is 0 Å². The number of hydrogen-bond donors (Lipinski definition) is 1. The van der Waals surface area contributed by atoms with Crippen molar-refractivity contribution in [2.45, 2.75) is 32.3 Å². The molecular formula is C15H20O4. The Labute approximate surface area is 113 Å². The molecule has 1 heterocycles. The summed E-state index contributed by atoms with van der Waals surface area (Å²) in [6, 6.07) is 7.71. The summed E-state index contributed by atoms with van der Waals surface area (Å²) in [5.41, 5.74) is 1.02. The van der Waals surface area contributed by atoms with Gasteiger partial charge >= 0.3 is 5.97 Å². The summed E-state index contributed by atoms with van der Waals surface area (Å²) in [6.45, 7) is 3.24. The highest BCUT2D eigenvalue weighted by molar-refractivity contribution is 5.69. The van der Waals surface area contributed by atoms with E-state index in [1.54, 1.807) is 6.92 Å². The molecule has 2 rings (SSSR count). The molecule has 1 aliphatic heterocycles. The lowest BCUT2D eigenvalue weighted by atomic mass is 10.0. The monoisotopic (exact) mass is 264 g/mol. The van der Waals surface area contributed by atoms with Crippen molar-refractivity contribution in [3.63, 3.8) is 0 Å². The van der Waals surface area contributed by atoms with E-state index in [1.165, 1.54) is 0 Å². The lowest BCUT2D eigenvalue weighted by Crippen LogP contribution is -2.25. The molecule has 4 heteroatoms. The average molecular weight is 264 g/mol. The van der Waals surface area contributed by atoms with Crippen LogP contribution in [-0.4, -0.2) is 30.4 Å². The Morgan fingerprint density at radius 1 is 1.37 bits per heavy atom. The summed E-state index contributed by atoms with van der Waals surface area (Å²) in [5.74, 6) is -0.275. The Bertz CT molecular complexity index is 407. The molecule has 0 radical (unpaired) electrons. The first kappa shape index (κ1) is 13.9. The summed E-state index contributed by atoms with van der Waals surface area (Å²) in [6.07, 6.45) is 2.64. The Morgan fingerprint density at radius 3 is 2.58 bits per heavy atom. The first-order valence-corrected chi connectivity index (χ1v) is 6.71. The van der Waals surface area contributed by atoms with Gasteiger partial charge in [0, 0.05) is 12.8 Å². The summed E-state index contributed by atoms with van der Waals surface area (Å²) in [4.78, 5) is 10.8. The lowest BCUT2D eigenvalue weighted by Gasteiger charge is -2.23. The van der Waals surface area contributed by atoms with Gasteiger partial charge in [-0.05, 0) is 24.1 Å². The van der Waals surface area contributed by atoms with E-state index in [9.17, 15) is 4.79 Å². The maximum atomic E-state index is 10.8. The molecule has 0 aromatic heterocycles. The van der Waals surface area contributed by atoms with Gasteiger partial charge in [0.1, 0.15) is 11.9 Å². The molecule has 1 fully saturated rings. The van der Waals surface area contributed by atoms with Crippen molar-refractivity contribution in [1.29, 1.82) is 0 Å². The smallest absolute Gasteiger partial charge is 0.306 e. The Morgan fingerprint density at radius 2 is 2.00 bits per heavy atom. The fraction of sp³-hybridized carbons (Fsp3) is 0.533. The van der Waals surface area contributed by atoms with Crippen molar-refractivity contribution >= 4 is 5.97 Å². The molecule has 104 valence electrons. The molecule has 0 saturated carbocycles. The summed E-state index contributed by atoms with van der Waals surface area (Å²) < 4.78 is 11.2. The zero-order chi connectivity index (χ0) is 13.7. The highest BCUT2D eigenvalue weighted by atomic mass is 16.5. The zero-order valence-electron chi connectivity index (χ0n) is 11.2. The second-order valence-corrected chi connectivity index (χ2v) is 5.02. The van der Waals surface area contributed by atoms with Gasteiger partial charge in [0.15, 0.2) is 0 Å². The van der Waals surface area contributed by atoms with Gasteiger partial charge in [0.25, 0.3) is 0 Å². The average Bonchev–Trinajstić information content (AvgIpc) is 2.42. The molecule has 19 heavy (non-hydrogen) atoms. The van der Waals surface area contributed by atoms with Crippen LogP contribution in [0.5, 0.6) is 5.75 Å². The topological polar surface area (TPSA) is 55.8 Å². The molecule has 0 bridgehead atoms. The van der Waals surface area contributed by atoms with Crippen LogP contribution in [0.4, 0.5) is 0 Å². The van der Waals surface area contributed by atoms with E-state index in [4.69, 9.17) is 14.6 Å². The van der Waals surface area contributed by atoms with Gasteiger partial charge in [-0.15, -0.1) is 0 Å². The minimum absolute atomic E-state index is 0.234. The van der Waals surface area contributed by atoms with Crippen molar-refractivity contribution < 1.29 is 19.4 Å². The molecule has 0 spiro atoms. The molecule has 0 aliphatic carbocycles. The Kier molecular flexibility index (Phi) is 4.80. The van der Waals surface area contributed by atoms with E-state index in [1.807, 2.05) is 24.3 Å². The van der Waals surface area contributed by atoms with Crippen molar-refractivity contribution in [3.05, 3.63) is 29.8 Å². The van der Waals surface area contributed by atoms with Crippen LogP contribution in [0.15, 0.2) is 24.3 Å². The number of aliphatic carboxylic acids is 1. The minimum Gasteiger partial charge on any atom is -0.490 e. The van der Waals surface area contributed by atoms with Gasteiger partial charge in [0.05, 0.1) is 19.1 Å². The molecule has 1 saturated heterocycles. The summed E-state index contributed by atoms with van der Waals surface area (Å²) in [7, 11) is 0. The number of ether oxygens (including phenoxy) is 2. The second-order valence-electron chi connectivity index (χ2n) is 5.02. The van der Waals surface area contributed by atoms with Gasteiger partial charge in [-0.3, -0.25) is 4.79 Å². The van der Waals surface area contributed by atoms with E-state index in [2.05, 4.69) is 0 Å². The largest absolute Gasteiger partial charge is 0.490 e. The van der Waals surface area contributed by atoms with E-state index >= 15 is 0 Å². The van der Waals surface area contributed by atoms with Crippen LogP contribution >= 0.6 is 0 Å². The van der Waals surface area contributed by atoms with Crippen LogP contribution < -0.4 is 4.74 Å². The molecular weight excluding hydrogens is 244 g/mol. The molecule has 0 amide bonds. The number of carbonyl (C=O) groups is 1. The van der Waals surface area contributed by atoms with E-state index in [0.717, 1.165) is 37.4 Å². The summed E-state index contributed by atoms with van der Waals surface area (Å²) in [5, 5.41) is 8.88. The van der Waals surface area contributed by atoms with Crippen molar-refractivity contribution in [1.82, 2.24) is 0 Å². The molecule has 1 aromatic carbocycles.